The van der Waals surface area contributed by atoms with Crippen LogP contribution < -0.4 is 5.73 Å². The standard InChI is InChI=1S/C17H13ClN2O/c18-15-10-20-6-5-13(15)9-17(21)14-7-11-3-1-2-4-12(11)8-16(14)19/h1-8,10H,9,19H2. The summed E-state index contributed by atoms with van der Waals surface area (Å²) < 4.78 is 0. The molecule has 0 saturated carbocycles. The molecule has 0 radical (unpaired) electrons. The second-order valence-corrected chi connectivity index (χ2v) is 5.26. The van der Waals surface area contributed by atoms with Gasteiger partial charge in [-0.05, 0) is 34.5 Å². The summed E-state index contributed by atoms with van der Waals surface area (Å²) in [7, 11) is 0. The highest BCUT2D eigenvalue weighted by Gasteiger charge is 2.13. The van der Waals surface area contributed by atoms with Crippen LogP contribution in [0.25, 0.3) is 10.8 Å². The molecule has 0 aliphatic heterocycles. The second-order valence-electron chi connectivity index (χ2n) is 4.85. The monoisotopic (exact) mass is 296 g/mol. The lowest BCUT2D eigenvalue weighted by Crippen LogP contribution is -2.07. The number of carbonyl (C=O) groups is 1. The van der Waals surface area contributed by atoms with Gasteiger partial charge >= 0.3 is 0 Å². The molecule has 1 heterocycles. The quantitative estimate of drug-likeness (QED) is 0.589. The van der Waals surface area contributed by atoms with Gasteiger partial charge in [-0.2, -0.15) is 0 Å². The lowest BCUT2D eigenvalue weighted by molar-refractivity contribution is 0.0994. The minimum atomic E-state index is -0.0497. The van der Waals surface area contributed by atoms with E-state index in [1.165, 1.54) is 6.20 Å². The first-order valence-corrected chi connectivity index (χ1v) is 6.93. The van der Waals surface area contributed by atoms with Crippen molar-refractivity contribution in [2.75, 3.05) is 5.73 Å². The summed E-state index contributed by atoms with van der Waals surface area (Å²) in [6.07, 6.45) is 3.37. The Labute approximate surface area is 127 Å². The van der Waals surface area contributed by atoms with Crippen molar-refractivity contribution in [3.05, 3.63) is 71.0 Å². The minimum absolute atomic E-state index is 0.0497. The molecule has 0 amide bonds. The number of anilines is 1. The molecule has 3 nitrogen and oxygen atoms in total. The summed E-state index contributed by atoms with van der Waals surface area (Å²) in [5.74, 6) is -0.0497. The Morgan fingerprint density at radius 2 is 1.86 bits per heavy atom. The van der Waals surface area contributed by atoms with E-state index in [4.69, 9.17) is 17.3 Å². The highest BCUT2D eigenvalue weighted by atomic mass is 35.5. The van der Waals surface area contributed by atoms with Crippen molar-refractivity contribution in [3.63, 3.8) is 0 Å². The smallest absolute Gasteiger partial charge is 0.169 e. The topological polar surface area (TPSA) is 56.0 Å². The first kappa shape index (κ1) is 13.6. The Balaban J connectivity index is 1.98. The van der Waals surface area contributed by atoms with Gasteiger partial charge in [-0.1, -0.05) is 35.9 Å². The predicted molar refractivity (Wildman–Crippen MR) is 85.6 cm³/mol. The SMILES string of the molecule is Nc1cc2ccccc2cc1C(=O)Cc1ccncc1Cl. The minimum Gasteiger partial charge on any atom is -0.398 e. The maximum atomic E-state index is 12.5. The van der Waals surface area contributed by atoms with E-state index >= 15 is 0 Å². The number of hydrogen-bond acceptors (Lipinski definition) is 3. The molecule has 0 unspecified atom stereocenters. The molecular formula is C17H13ClN2O. The van der Waals surface area contributed by atoms with E-state index in [2.05, 4.69) is 4.98 Å². The average Bonchev–Trinajstić information content (AvgIpc) is 2.49. The third-order valence-electron chi connectivity index (χ3n) is 3.43. The summed E-state index contributed by atoms with van der Waals surface area (Å²) in [6, 6.07) is 13.2. The molecule has 1 aromatic heterocycles. The Hall–Kier alpha value is -2.39. The van der Waals surface area contributed by atoms with Crippen LogP contribution in [0.3, 0.4) is 0 Å². The van der Waals surface area contributed by atoms with Crippen LogP contribution in [-0.4, -0.2) is 10.8 Å². The Kier molecular flexibility index (Phi) is 3.59. The number of carbonyl (C=O) groups excluding carboxylic acids is 1. The molecule has 0 aliphatic carbocycles. The van der Waals surface area contributed by atoms with Gasteiger partial charge in [0.1, 0.15) is 0 Å². The van der Waals surface area contributed by atoms with E-state index in [-0.39, 0.29) is 12.2 Å². The number of fused-ring (bicyclic) bond motifs is 1. The molecule has 0 spiro atoms. The summed E-state index contributed by atoms with van der Waals surface area (Å²) in [6.45, 7) is 0. The Morgan fingerprint density at radius 1 is 1.14 bits per heavy atom. The van der Waals surface area contributed by atoms with Crippen molar-refractivity contribution in [2.24, 2.45) is 0 Å². The second kappa shape index (κ2) is 5.54. The molecule has 0 fully saturated rings. The van der Waals surface area contributed by atoms with Crippen LogP contribution in [0.4, 0.5) is 5.69 Å². The summed E-state index contributed by atoms with van der Waals surface area (Å²) in [4.78, 5) is 16.4. The average molecular weight is 297 g/mol. The molecule has 2 N–H and O–H groups in total. The highest BCUT2D eigenvalue weighted by Crippen LogP contribution is 2.24. The van der Waals surface area contributed by atoms with Crippen molar-refractivity contribution in [1.29, 1.82) is 0 Å². The van der Waals surface area contributed by atoms with Gasteiger partial charge in [-0.3, -0.25) is 9.78 Å². The van der Waals surface area contributed by atoms with Gasteiger partial charge in [0.25, 0.3) is 0 Å². The lowest BCUT2D eigenvalue weighted by atomic mass is 9.98. The lowest BCUT2D eigenvalue weighted by Gasteiger charge is -2.08. The number of benzene rings is 2. The molecule has 3 rings (SSSR count). The van der Waals surface area contributed by atoms with Crippen molar-refractivity contribution in [3.8, 4) is 0 Å². The van der Waals surface area contributed by atoms with E-state index in [9.17, 15) is 4.79 Å². The van der Waals surface area contributed by atoms with Crippen molar-refractivity contribution < 1.29 is 4.79 Å². The molecule has 21 heavy (non-hydrogen) atoms. The number of pyridine rings is 1. The van der Waals surface area contributed by atoms with Crippen LogP contribution in [-0.2, 0) is 6.42 Å². The van der Waals surface area contributed by atoms with Gasteiger partial charge in [0.05, 0.1) is 5.02 Å². The van der Waals surface area contributed by atoms with E-state index < -0.39 is 0 Å². The number of nitrogens with zero attached hydrogens (tertiary/aromatic N) is 1. The zero-order valence-corrected chi connectivity index (χ0v) is 12.0. The zero-order chi connectivity index (χ0) is 14.8. The molecule has 0 aliphatic rings. The fraction of sp³-hybridized carbons (Fsp3) is 0.0588. The van der Waals surface area contributed by atoms with Crippen molar-refractivity contribution >= 4 is 33.8 Å². The largest absolute Gasteiger partial charge is 0.398 e. The normalized spacial score (nSPS) is 10.7. The Morgan fingerprint density at radius 3 is 2.57 bits per heavy atom. The van der Waals surface area contributed by atoms with Gasteiger partial charge in [0.2, 0.25) is 0 Å². The highest BCUT2D eigenvalue weighted by molar-refractivity contribution is 6.31. The van der Waals surface area contributed by atoms with Gasteiger partial charge in [0.15, 0.2) is 5.78 Å². The maximum Gasteiger partial charge on any atom is 0.169 e. The van der Waals surface area contributed by atoms with Crippen LogP contribution in [0.5, 0.6) is 0 Å². The first-order chi connectivity index (χ1) is 10.1. The van der Waals surface area contributed by atoms with Gasteiger partial charge < -0.3 is 5.73 Å². The number of nitrogens with two attached hydrogens (primary N) is 1. The van der Waals surface area contributed by atoms with E-state index in [1.54, 1.807) is 12.3 Å². The van der Waals surface area contributed by atoms with Crippen LogP contribution in [0, 0.1) is 0 Å². The molecule has 4 heteroatoms. The molecule has 104 valence electrons. The summed E-state index contributed by atoms with van der Waals surface area (Å²) in [5, 5.41) is 2.51. The zero-order valence-electron chi connectivity index (χ0n) is 11.2. The molecular weight excluding hydrogens is 284 g/mol. The third-order valence-corrected chi connectivity index (χ3v) is 3.77. The molecule has 0 saturated heterocycles. The van der Waals surface area contributed by atoms with Gasteiger partial charge in [0, 0.05) is 30.1 Å². The molecule has 0 atom stereocenters. The third kappa shape index (κ3) is 2.73. The summed E-state index contributed by atoms with van der Waals surface area (Å²) in [5.41, 5.74) is 7.79. The van der Waals surface area contributed by atoms with Crippen LogP contribution in [0.2, 0.25) is 5.02 Å². The Bertz CT molecular complexity index is 830. The number of aromatic nitrogens is 1. The number of halogens is 1. The summed E-state index contributed by atoms with van der Waals surface area (Å²) >= 11 is 6.04. The van der Waals surface area contributed by atoms with Crippen LogP contribution >= 0.6 is 11.6 Å². The van der Waals surface area contributed by atoms with E-state index in [0.717, 1.165) is 16.3 Å². The maximum absolute atomic E-state index is 12.5. The number of hydrogen-bond donors (Lipinski definition) is 1. The predicted octanol–water partition coefficient (Wildman–Crippen LogP) is 3.90. The van der Waals surface area contributed by atoms with Crippen LogP contribution in [0.1, 0.15) is 15.9 Å². The number of ketones is 1. The van der Waals surface area contributed by atoms with E-state index in [1.807, 2.05) is 36.4 Å². The van der Waals surface area contributed by atoms with Gasteiger partial charge in [-0.15, -0.1) is 0 Å². The number of rotatable bonds is 3. The van der Waals surface area contributed by atoms with E-state index in [0.29, 0.717) is 16.3 Å². The molecule has 2 aromatic carbocycles. The van der Waals surface area contributed by atoms with Crippen LogP contribution in [0.15, 0.2) is 54.9 Å². The fourth-order valence-electron chi connectivity index (χ4n) is 2.31. The fourth-order valence-corrected chi connectivity index (χ4v) is 2.50. The van der Waals surface area contributed by atoms with Crippen molar-refractivity contribution in [1.82, 2.24) is 4.98 Å². The first-order valence-electron chi connectivity index (χ1n) is 6.55. The molecule has 3 aromatic rings. The number of nitrogen functional groups attached to an aromatic ring is 1. The number of Topliss-reactive ketones (excluding diaryl/α,β-unsaturated/α-hetero) is 1. The van der Waals surface area contributed by atoms with Gasteiger partial charge in [-0.25, -0.2) is 0 Å². The van der Waals surface area contributed by atoms with Crippen molar-refractivity contribution in [2.45, 2.75) is 6.42 Å². The molecule has 0 bridgehead atoms.